The first-order valence-electron chi connectivity index (χ1n) is 8.43. The van der Waals surface area contributed by atoms with Gasteiger partial charge in [0.15, 0.2) is 9.84 Å². The number of carbonyl (C=O) groups is 1. The first-order chi connectivity index (χ1) is 12.0. The molecule has 0 spiro atoms. The van der Waals surface area contributed by atoms with Crippen LogP contribution in [0.3, 0.4) is 0 Å². The molecule has 1 fully saturated rings. The van der Waals surface area contributed by atoms with Gasteiger partial charge in [0, 0.05) is 18.2 Å². The van der Waals surface area contributed by atoms with Crippen LogP contribution in [0.15, 0.2) is 59.5 Å². The third-order valence-corrected chi connectivity index (χ3v) is 5.98. The van der Waals surface area contributed by atoms with E-state index in [1.807, 2.05) is 0 Å². The minimum absolute atomic E-state index is 0. The maximum atomic E-state index is 12.5. The van der Waals surface area contributed by atoms with Gasteiger partial charge >= 0.3 is 0 Å². The zero-order chi connectivity index (χ0) is 17.7. The van der Waals surface area contributed by atoms with Crippen LogP contribution in [0.5, 0.6) is 0 Å². The van der Waals surface area contributed by atoms with Gasteiger partial charge in [-0.05, 0) is 49.2 Å². The lowest BCUT2D eigenvalue weighted by Gasteiger charge is -2.23. The van der Waals surface area contributed by atoms with Crippen molar-refractivity contribution in [1.29, 1.82) is 0 Å². The first-order valence-corrected chi connectivity index (χ1v) is 10.1. The average molecular weight is 395 g/mol. The van der Waals surface area contributed by atoms with Crippen molar-refractivity contribution in [3.05, 3.63) is 65.7 Å². The highest BCUT2D eigenvalue weighted by atomic mass is 35.5. The van der Waals surface area contributed by atoms with Crippen LogP contribution in [0.25, 0.3) is 0 Å². The molecule has 140 valence electrons. The number of piperidine rings is 1. The van der Waals surface area contributed by atoms with Crippen LogP contribution in [0.2, 0.25) is 0 Å². The second-order valence-electron chi connectivity index (χ2n) is 6.29. The van der Waals surface area contributed by atoms with Crippen molar-refractivity contribution >= 4 is 28.2 Å². The molecule has 1 atom stereocenters. The molecule has 26 heavy (non-hydrogen) atoms. The molecule has 2 N–H and O–H groups in total. The quantitative estimate of drug-likeness (QED) is 0.817. The van der Waals surface area contributed by atoms with Crippen molar-refractivity contribution in [2.75, 3.05) is 13.1 Å². The van der Waals surface area contributed by atoms with Crippen molar-refractivity contribution in [3.63, 3.8) is 0 Å². The van der Waals surface area contributed by atoms with Gasteiger partial charge < -0.3 is 10.6 Å². The summed E-state index contributed by atoms with van der Waals surface area (Å²) in [5, 5.41) is 6.26. The summed E-state index contributed by atoms with van der Waals surface area (Å²) >= 11 is 0. The number of hydrogen-bond acceptors (Lipinski definition) is 4. The van der Waals surface area contributed by atoms with Crippen molar-refractivity contribution in [2.24, 2.45) is 0 Å². The summed E-state index contributed by atoms with van der Waals surface area (Å²) in [6, 6.07) is 15.3. The second-order valence-corrected chi connectivity index (χ2v) is 8.28. The van der Waals surface area contributed by atoms with Gasteiger partial charge in [-0.2, -0.15) is 0 Å². The standard InChI is InChI=1S/C19H22N2O3S.ClH/c22-19(21-17-8-5-11-20-13-17)16-7-4-6-15(12-16)14-25(23,24)18-9-2-1-3-10-18;/h1-4,6-7,9-10,12,17,20H,5,8,11,13-14H2,(H,21,22);1H/t17-;/m0./s1. The third-order valence-electron chi connectivity index (χ3n) is 4.28. The van der Waals surface area contributed by atoms with Crippen molar-refractivity contribution < 1.29 is 13.2 Å². The number of amides is 1. The molecule has 2 aromatic carbocycles. The minimum Gasteiger partial charge on any atom is -0.348 e. The Morgan fingerprint density at radius 2 is 1.88 bits per heavy atom. The van der Waals surface area contributed by atoms with Crippen molar-refractivity contribution in [2.45, 2.75) is 29.5 Å². The summed E-state index contributed by atoms with van der Waals surface area (Å²) in [7, 11) is -3.42. The maximum absolute atomic E-state index is 12.5. The molecule has 1 amide bonds. The lowest BCUT2D eigenvalue weighted by atomic mass is 10.1. The highest BCUT2D eigenvalue weighted by Gasteiger charge is 2.18. The molecule has 3 rings (SSSR count). The molecule has 0 aliphatic carbocycles. The van der Waals surface area contributed by atoms with Crippen LogP contribution in [0.4, 0.5) is 0 Å². The topological polar surface area (TPSA) is 75.3 Å². The van der Waals surface area contributed by atoms with Gasteiger partial charge in [0.05, 0.1) is 10.6 Å². The van der Waals surface area contributed by atoms with E-state index in [9.17, 15) is 13.2 Å². The molecule has 0 bridgehead atoms. The third kappa shape index (κ3) is 5.30. The zero-order valence-corrected chi connectivity index (χ0v) is 16.0. The second kappa shape index (κ2) is 9.16. The van der Waals surface area contributed by atoms with Gasteiger partial charge in [-0.25, -0.2) is 8.42 Å². The van der Waals surface area contributed by atoms with Crippen molar-refractivity contribution in [1.82, 2.24) is 10.6 Å². The molecule has 0 saturated carbocycles. The van der Waals surface area contributed by atoms with Gasteiger partial charge in [-0.1, -0.05) is 30.3 Å². The summed E-state index contributed by atoms with van der Waals surface area (Å²) in [4.78, 5) is 12.7. The van der Waals surface area contributed by atoms with Crippen LogP contribution in [0.1, 0.15) is 28.8 Å². The Morgan fingerprint density at radius 1 is 1.12 bits per heavy atom. The fraction of sp³-hybridized carbons (Fsp3) is 0.316. The molecule has 1 aliphatic heterocycles. The Bertz CT molecular complexity index is 835. The summed E-state index contributed by atoms with van der Waals surface area (Å²) in [5.74, 6) is -0.281. The molecule has 0 unspecified atom stereocenters. The van der Waals surface area contributed by atoms with E-state index in [1.165, 1.54) is 0 Å². The Balaban J connectivity index is 0.00000243. The van der Waals surface area contributed by atoms with Gasteiger partial charge in [0.1, 0.15) is 0 Å². The number of rotatable bonds is 5. The normalized spacial score (nSPS) is 17.2. The number of hydrogen-bond donors (Lipinski definition) is 2. The van der Waals surface area contributed by atoms with E-state index in [2.05, 4.69) is 10.6 Å². The zero-order valence-electron chi connectivity index (χ0n) is 14.4. The minimum atomic E-state index is -3.42. The molecular weight excluding hydrogens is 372 g/mol. The van der Waals surface area contributed by atoms with Crippen molar-refractivity contribution in [3.8, 4) is 0 Å². The van der Waals surface area contributed by atoms with E-state index in [-0.39, 0.29) is 35.0 Å². The molecule has 7 heteroatoms. The lowest BCUT2D eigenvalue weighted by Crippen LogP contribution is -2.45. The molecular formula is C19H23ClN2O3S. The molecule has 5 nitrogen and oxygen atoms in total. The molecule has 2 aromatic rings. The van der Waals surface area contributed by atoms with E-state index in [4.69, 9.17) is 0 Å². The number of benzene rings is 2. The summed E-state index contributed by atoms with van der Waals surface area (Å²) in [5.41, 5.74) is 1.10. The highest BCUT2D eigenvalue weighted by Crippen LogP contribution is 2.17. The SMILES string of the molecule is Cl.O=C(N[C@H]1CCCNC1)c1cccc(CS(=O)(=O)c2ccccc2)c1. The van der Waals surface area contributed by atoms with Gasteiger partial charge in [-0.15, -0.1) is 12.4 Å². The number of carbonyl (C=O) groups excluding carboxylic acids is 1. The van der Waals surface area contributed by atoms with Crippen LogP contribution in [0, 0.1) is 0 Å². The van der Waals surface area contributed by atoms with Crippen LogP contribution >= 0.6 is 12.4 Å². The largest absolute Gasteiger partial charge is 0.348 e. The predicted molar refractivity (Wildman–Crippen MR) is 104 cm³/mol. The smallest absolute Gasteiger partial charge is 0.251 e. The molecule has 1 heterocycles. The van der Waals surface area contributed by atoms with E-state index >= 15 is 0 Å². The van der Waals surface area contributed by atoms with Gasteiger partial charge in [0.2, 0.25) is 0 Å². The maximum Gasteiger partial charge on any atom is 0.251 e. The Hall–Kier alpha value is -1.89. The fourth-order valence-corrected chi connectivity index (χ4v) is 4.33. The Morgan fingerprint density at radius 3 is 2.58 bits per heavy atom. The van der Waals surface area contributed by atoms with Gasteiger partial charge in [-0.3, -0.25) is 4.79 Å². The number of nitrogens with one attached hydrogen (secondary N) is 2. The van der Waals surface area contributed by atoms with E-state index in [0.29, 0.717) is 11.1 Å². The van der Waals surface area contributed by atoms with Crippen LogP contribution in [-0.4, -0.2) is 33.5 Å². The Kier molecular flexibility index (Phi) is 7.20. The van der Waals surface area contributed by atoms with Crippen LogP contribution < -0.4 is 10.6 Å². The number of halogens is 1. The van der Waals surface area contributed by atoms with Crippen LogP contribution in [-0.2, 0) is 15.6 Å². The van der Waals surface area contributed by atoms with Gasteiger partial charge in [0.25, 0.3) is 5.91 Å². The highest BCUT2D eigenvalue weighted by molar-refractivity contribution is 7.90. The molecule has 1 aliphatic rings. The van der Waals surface area contributed by atoms with E-state index in [1.54, 1.807) is 54.6 Å². The first kappa shape index (κ1) is 20.4. The van der Waals surface area contributed by atoms with E-state index < -0.39 is 9.84 Å². The fourth-order valence-electron chi connectivity index (χ4n) is 2.98. The molecule has 1 saturated heterocycles. The molecule has 0 aromatic heterocycles. The van der Waals surface area contributed by atoms with E-state index in [0.717, 1.165) is 25.9 Å². The lowest BCUT2D eigenvalue weighted by molar-refractivity contribution is 0.0930. The predicted octanol–water partition coefficient (Wildman–Crippen LogP) is 2.56. The average Bonchev–Trinajstić information content (AvgIpc) is 2.63. The summed E-state index contributed by atoms with van der Waals surface area (Å²) in [6.07, 6.45) is 2.00. The number of sulfone groups is 1. The summed E-state index contributed by atoms with van der Waals surface area (Å²) < 4.78 is 25.0. The Labute approximate surface area is 160 Å². The summed E-state index contributed by atoms with van der Waals surface area (Å²) in [6.45, 7) is 1.76. The monoisotopic (exact) mass is 394 g/mol. The molecule has 0 radical (unpaired) electrons.